The summed E-state index contributed by atoms with van der Waals surface area (Å²) >= 11 is 2.71. The molecule has 0 spiro atoms. The van der Waals surface area contributed by atoms with E-state index >= 15 is 0 Å². The Morgan fingerprint density at radius 2 is 2.09 bits per heavy atom. The van der Waals surface area contributed by atoms with Crippen molar-refractivity contribution in [2.75, 3.05) is 5.32 Å². The van der Waals surface area contributed by atoms with Gasteiger partial charge >= 0.3 is 0 Å². The molecule has 2 rings (SSSR count). The van der Waals surface area contributed by atoms with Crippen LogP contribution in [0.2, 0.25) is 0 Å². The third-order valence-corrected chi connectivity index (χ3v) is 4.90. The summed E-state index contributed by atoms with van der Waals surface area (Å²) in [5.74, 6) is -0.174. The Hall–Kier alpha value is -2.00. The smallest absolute Gasteiger partial charge is 0.269 e. The average molecular weight is 352 g/mol. The van der Waals surface area contributed by atoms with Crippen LogP contribution >= 0.6 is 23.1 Å². The van der Waals surface area contributed by atoms with Crippen molar-refractivity contribution < 1.29 is 9.72 Å². The van der Waals surface area contributed by atoms with Crippen LogP contribution in [0.25, 0.3) is 0 Å². The molecule has 9 heteroatoms. The van der Waals surface area contributed by atoms with Crippen molar-refractivity contribution in [1.82, 2.24) is 10.2 Å². The van der Waals surface area contributed by atoms with Gasteiger partial charge in [-0.25, -0.2) is 0 Å². The fourth-order valence-electron chi connectivity index (χ4n) is 1.73. The van der Waals surface area contributed by atoms with Gasteiger partial charge in [0.25, 0.3) is 5.69 Å². The molecule has 1 amide bonds. The fraction of sp³-hybridized carbons (Fsp3) is 0.357. The molecule has 23 heavy (non-hydrogen) atoms. The molecule has 0 aliphatic heterocycles. The van der Waals surface area contributed by atoms with Gasteiger partial charge in [0, 0.05) is 23.4 Å². The van der Waals surface area contributed by atoms with E-state index < -0.39 is 4.92 Å². The summed E-state index contributed by atoms with van der Waals surface area (Å²) in [4.78, 5) is 23.1. The van der Waals surface area contributed by atoms with Crippen LogP contribution < -0.4 is 5.32 Å². The SMILES string of the molecule is CCCc1nnc(NC(=O)C(C)Sc2ccc([N+](=O)[O-])cc2)s1. The summed E-state index contributed by atoms with van der Waals surface area (Å²) in [6.45, 7) is 3.83. The zero-order chi connectivity index (χ0) is 16.8. The molecule has 0 aliphatic rings. The highest BCUT2D eigenvalue weighted by Gasteiger charge is 2.17. The van der Waals surface area contributed by atoms with Gasteiger partial charge in [0.05, 0.1) is 10.2 Å². The normalized spacial score (nSPS) is 11.9. The first-order chi connectivity index (χ1) is 11.0. The lowest BCUT2D eigenvalue weighted by Crippen LogP contribution is -2.22. The number of nitro benzene ring substituents is 1. The number of thioether (sulfide) groups is 1. The molecule has 0 saturated heterocycles. The third kappa shape index (κ3) is 5.00. The molecular weight excluding hydrogens is 336 g/mol. The first-order valence-electron chi connectivity index (χ1n) is 7.04. The molecule has 0 aliphatic carbocycles. The molecule has 0 bridgehead atoms. The van der Waals surface area contributed by atoms with Gasteiger partial charge < -0.3 is 0 Å². The molecular formula is C14H16N4O3S2. The zero-order valence-electron chi connectivity index (χ0n) is 12.7. The predicted molar refractivity (Wildman–Crippen MR) is 90.9 cm³/mol. The van der Waals surface area contributed by atoms with Gasteiger partial charge in [-0.2, -0.15) is 0 Å². The Morgan fingerprint density at radius 3 is 2.70 bits per heavy atom. The van der Waals surface area contributed by atoms with Gasteiger partial charge in [-0.05, 0) is 25.5 Å². The largest absolute Gasteiger partial charge is 0.300 e. The van der Waals surface area contributed by atoms with E-state index in [0.717, 1.165) is 22.7 Å². The van der Waals surface area contributed by atoms with E-state index in [-0.39, 0.29) is 16.8 Å². The molecule has 2 aromatic rings. The number of benzene rings is 1. The van der Waals surface area contributed by atoms with E-state index in [9.17, 15) is 14.9 Å². The number of aryl methyl sites for hydroxylation is 1. The standard InChI is InChI=1S/C14H16N4O3S2/c1-3-4-12-16-17-14(23-12)15-13(19)9(2)22-11-7-5-10(6-8-11)18(20)21/h5-9H,3-4H2,1-2H3,(H,15,17,19). The van der Waals surface area contributed by atoms with Crippen molar-refractivity contribution in [1.29, 1.82) is 0 Å². The number of carbonyl (C=O) groups excluding carboxylic acids is 1. The minimum Gasteiger partial charge on any atom is -0.300 e. The average Bonchev–Trinajstić information content (AvgIpc) is 2.95. The molecule has 1 aromatic carbocycles. The highest BCUT2D eigenvalue weighted by Crippen LogP contribution is 2.26. The molecule has 7 nitrogen and oxygen atoms in total. The molecule has 1 atom stereocenters. The van der Waals surface area contributed by atoms with Gasteiger partial charge in [0.1, 0.15) is 5.01 Å². The highest BCUT2D eigenvalue weighted by atomic mass is 32.2. The maximum Gasteiger partial charge on any atom is 0.269 e. The van der Waals surface area contributed by atoms with Crippen LogP contribution in [-0.4, -0.2) is 26.3 Å². The molecule has 0 saturated carbocycles. The van der Waals surface area contributed by atoms with Crippen molar-refractivity contribution in [3.05, 3.63) is 39.4 Å². The van der Waals surface area contributed by atoms with Gasteiger partial charge in [0.15, 0.2) is 0 Å². The molecule has 0 radical (unpaired) electrons. The van der Waals surface area contributed by atoms with Crippen LogP contribution in [0.5, 0.6) is 0 Å². The first kappa shape index (κ1) is 17.4. The zero-order valence-corrected chi connectivity index (χ0v) is 14.3. The van der Waals surface area contributed by atoms with Gasteiger partial charge in [-0.1, -0.05) is 18.3 Å². The Bertz CT molecular complexity index is 688. The highest BCUT2D eigenvalue weighted by molar-refractivity contribution is 8.00. The second kappa shape index (κ2) is 8.02. The fourth-order valence-corrected chi connectivity index (χ4v) is 3.44. The maximum absolute atomic E-state index is 12.2. The minimum atomic E-state index is -0.450. The first-order valence-corrected chi connectivity index (χ1v) is 8.73. The topological polar surface area (TPSA) is 98.0 Å². The lowest BCUT2D eigenvalue weighted by Gasteiger charge is -2.09. The van der Waals surface area contributed by atoms with Crippen molar-refractivity contribution >= 4 is 39.8 Å². The van der Waals surface area contributed by atoms with E-state index in [1.165, 1.54) is 35.2 Å². The Morgan fingerprint density at radius 1 is 1.39 bits per heavy atom. The van der Waals surface area contributed by atoms with Crippen molar-refractivity contribution in [3.63, 3.8) is 0 Å². The van der Waals surface area contributed by atoms with Crippen molar-refractivity contribution in [2.24, 2.45) is 0 Å². The molecule has 1 heterocycles. The van der Waals surface area contributed by atoms with E-state index in [0.29, 0.717) is 5.13 Å². The lowest BCUT2D eigenvalue weighted by molar-refractivity contribution is -0.384. The summed E-state index contributed by atoms with van der Waals surface area (Å²) in [6.07, 6.45) is 1.83. The number of anilines is 1. The number of rotatable bonds is 7. The number of non-ortho nitro benzene ring substituents is 1. The number of amides is 1. The molecule has 1 N–H and O–H groups in total. The van der Waals surface area contributed by atoms with Crippen LogP contribution in [0.4, 0.5) is 10.8 Å². The van der Waals surface area contributed by atoms with Crippen LogP contribution in [0.3, 0.4) is 0 Å². The summed E-state index contributed by atoms with van der Waals surface area (Å²) in [5.41, 5.74) is 0.0313. The molecule has 1 unspecified atom stereocenters. The van der Waals surface area contributed by atoms with Gasteiger partial charge in [0.2, 0.25) is 11.0 Å². The van der Waals surface area contributed by atoms with E-state index in [2.05, 4.69) is 22.4 Å². The van der Waals surface area contributed by atoms with Gasteiger partial charge in [-0.15, -0.1) is 22.0 Å². The number of aromatic nitrogens is 2. The van der Waals surface area contributed by atoms with Crippen LogP contribution in [-0.2, 0) is 11.2 Å². The number of nitrogens with zero attached hydrogens (tertiary/aromatic N) is 3. The lowest BCUT2D eigenvalue weighted by atomic mass is 10.3. The number of nitro groups is 1. The number of hydrogen-bond donors (Lipinski definition) is 1. The van der Waals surface area contributed by atoms with Crippen LogP contribution in [0.1, 0.15) is 25.3 Å². The second-order valence-corrected chi connectivity index (χ2v) is 7.23. The number of carbonyl (C=O) groups is 1. The molecule has 1 aromatic heterocycles. The number of nitrogens with one attached hydrogen (secondary N) is 1. The summed E-state index contributed by atoms with van der Waals surface area (Å²) < 4.78 is 0. The van der Waals surface area contributed by atoms with Gasteiger partial charge in [-0.3, -0.25) is 20.2 Å². The quantitative estimate of drug-likeness (QED) is 0.465. The summed E-state index contributed by atoms with van der Waals surface area (Å²) in [6, 6.07) is 6.12. The van der Waals surface area contributed by atoms with Crippen LogP contribution in [0.15, 0.2) is 29.2 Å². The second-order valence-electron chi connectivity index (χ2n) is 4.75. The van der Waals surface area contributed by atoms with E-state index in [1.54, 1.807) is 19.1 Å². The predicted octanol–water partition coefficient (Wildman–Crippen LogP) is 3.52. The third-order valence-electron chi connectivity index (χ3n) is 2.89. The minimum absolute atomic E-state index is 0.0313. The summed E-state index contributed by atoms with van der Waals surface area (Å²) in [7, 11) is 0. The maximum atomic E-state index is 12.2. The monoisotopic (exact) mass is 352 g/mol. The Kier molecular flexibility index (Phi) is 6.05. The number of hydrogen-bond acceptors (Lipinski definition) is 7. The van der Waals surface area contributed by atoms with E-state index in [4.69, 9.17) is 0 Å². The van der Waals surface area contributed by atoms with Crippen LogP contribution in [0, 0.1) is 10.1 Å². The molecule has 122 valence electrons. The molecule has 0 fully saturated rings. The Balaban J connectivity index is 1.92. The van der Waals surface area contributed by atoms with E-state index in [1.807, 2.05) is 0 Å². The van der Waals surface area contributed by atoms with Crippen molar-refractivity contribution in [2.45, 2.75) is 36.8 Å². The van der Waals surface area contributed by atoms with Crippen molar-refractivity contribution in [3.8, 4) is 0 Å². The summed E-state index contributed by atoms with van der Waals surface area (Å²) in [5, 5.41) is 22.4. The Labute approximate surface area is 141 Å².